The van der Waals surface area contributed by atoms with E-state index in [0.717, 1.165) is 9.26 Å². The summed E-state index contributed by atoms with van der Waals surface area (Å²) in [6, 6.07) is 7.54. The number of aliphatic carboxylic acids is 1. The first-order valence-corrected chi connectivity index (χ1v) is 8.03. The molecule has 2 rings (SSSR count). The van der Waals surface area contributed by atoms with Crippen LogP contribution in [0.2, 0.25) is 0 Å². The molecule has 0 bridgehead atoms. The molecule has 0 aromatic heterocycles. The first-order valence-electron chi connectivity index (χ1n) is 6.95. The Morgan fingerprint density at radius 3 is 2.52 bits per heavy atom. The third-order valence-corrected chi connectivity index (χ3v) is 4.56. The first-order chi connectivity index (χ1) is 10.1. The summed E-state index contributed by atoms with van der Waals surface area (Å²) in [4.78, 5) is 22.7. The minimum Gasteiger partial charge on any atom is -0.481 e. The lowest BCUT2D eigenvalue weighted by Crippen LogP contribution is -2.29. The van der Waals surface area contributed by atoms with Crippen LogP contribution in [0.3, 0.4) is 0 Å². The average Bonchev–Trinajstić information content (AvgIpc) is 2.48. The summed E-state index contributed by atoms with van der Waals surface area (Å²) in [5, 5.41) is 11.7. The van der Waals surface area contributed by atoms with Crippen LogP contribution in [-0.4, -0.2) is 29.7 Å². The lowest BCUT2D eigenvalue weighted by Gasteiger charge is -2.25. The molecule has 0 unspecified atom stereocenters. The SMILES string of the molecule is O=C(COC1CCC(C(=O)O)CC1)Nc1ccccc1I. The van der Waals surface area contributed by atoms with Gasteiger partial charge in [-0.2, -0.15) is 0 Å². The molecule has 2 N–H and O–H groups in total. The van der Waals surface area contributed by atoms with E-state index >= 15 is 0 Å². The van der Waals surface area contributed by atoms with E-state index in [-0.39, 0.29) is 24.5 Å². The largest absolute Gasteiger partial charge is 0.481 e. The molecule has 114 valence electrons. The van der Waals surface area contributed by atoms with E-state index < -0.39 is 5.97 Å². The second-order valence-corrected chi connectivity index (χ2v) is 6.31. The van der Waals surface area contributed by atoms with E-state index in [1.165, 1.54) is 0 Å². The van der Waals surface area contributed by atoms with Gasteiger partial charge in [0.25, 0.3) is 0 Å². The van der Waals surface area contributed by atoms with Crippen LogP contribution in [0.25, 0.3) is 0 Å². The molecule has 21 heavy (non-hydrogen) atoms. The molecule has 1 aliphatic rings. The van der Waals surface area contributed by atoms with Crippen LogP contribution in [-0.2, 0) is 14.3 Å². The Morgan fingerprint density at radius 2 is 1.90 bits per heavy atom. The second kappa shape index (κ2) is 7.74. The number of hydrogen-bond donors (Lipinski definition) is 2. The minimum absolute atomic E-state index is 0.00732. The fraction of sp³-hybridized carbons (Fsp3) is 0.467. The van der Waals surface area contributed by atoms with Gasteiger partial charge in [-0.05, 0) is 60.4 Å². The van der Waals surface area contributed by atoms with Gasteiger partial charge in [-0.25, -0.2) is 0 Å². The fourth-order valence-corrected chi connectivity index (χ4v) is 2.94. The maximum absolute atomic E-state index is 11.8. The normalized spacial score (nSPS) is 21.8. The standard InChI is InChI=1S/C15H18INO4/c16-12-3-1-2-4-13(12)17-14(18)9-21-11-7-5-10(6-8-11)15(19)20/h1-4,10-11H,5-9H2,(H,17,18)(H,19,20). The Hall–Kier alpha value is -1.15. The van der Waals surface area contributed by atoms with Crippen molar-refractivity contribution in [3.05, 3.63) is 27.8 Å². The zero-order valence-corrected chi connectivity index (χ0v) is 13.7. The Balaban J connectivity index is 1.73. The molecule has 0 spiro atoms. The maximum atomic E-state index is 11.8. The molecule has 1 amide bonds. The van der Waals surface area contributed by atoms with Crippen LogP contribution in [0.4, 0.5) is 5.69 Å². The Bertz CT molecular complexity index is 512. The van der Waals surface area contributed by atoms with Crippen LogP contribution in [0.15, 0.2) is 24.3 Å². The molecule has 1 aromatic carbocycles. The Labute approximate surface area is 137 Å². The van der Waals surface area contributed by atoms with Crippen molar-refractivity contribution in [2.75, 3.05) is 11.9 Å². The number of halogens is 1. The number of rotatable bonds is 5. The van der Waals surface area contributed by atoms with Gasteiger partial charge in [0.2, 0.25) is 5.91 Å². The lowest BCUT2D eigenvalue weighted by molar-refractivity contribution is -0.144. The van der Waals surface area contributed by atoms with Gasteiger partial charge in [0.05, 0.1) is 17.7 Å². The summed E-state index contributed by atoms with van der Waals surface area (Å²) in [5.41, 5.74) is 0.779. The second-order valence-electron chi connectivity index (χ2n) is 5.15. The molecule has 5 nitrogen and oxygen atoms in total. The molecule has 1 aliphatic carbocycles. The van der Waals surface area contributed by atoms with Crippen molar-refractivity contribution in [1.29, 1.82) is 0 Å². The number of carbonyl (C=O) groups is 2. The third-order valence-electron chi connectivity index (χ3n) is 3.62. The lowest BCUT2D eigenvalue weighted by atomic mass is 9.87. The number of carboxylic acid groups (broad SMARTS) is 1. The van der Waals surface area contributed by atoms with Crippen LogP contribution >= 0.6 is 22.6 Å². The van der Waals surface area contributed by atoms with Crippen LogP contribution in [0, 0.1) is 9.49 Å². The van der Waals surface area contributed by atoms with Gasteiger partial charge in [0, 0.05) is 3.57 Å². The quantitative estimate of drug-likeness (QED) is 0.742. The van der Waals surface area contributed by atoms with Crippen LogP contribution in [0.5, 0.6) is 0 Å². The molecule has 0 saturated heterocycles. The van der Waals surface area contributed by atoms with Gasteiger partial charge in [-0.1, -0.05) is 12.1 Å². The van der Waals surface area contributed by atoms with E-state index in [9.17, 15) is 9.59 Å². The highest BCUT2D eigenvalue weighted by Gasteiger charge is 2.26. The molecule has 0 atom stereocenters. The number of carbonyl (C=O) groups excluding carboxylic acids is 1. The van der Waals surface area contributed by atoms with Gasteiger partial charge in [-0.3, -0.25) is 9.59 Å². The van der Waals surface area contributed by atoms with Crippen molar-refractivity contribution in [2.45, 2.75) is 31.8 Å². The van der Waals surface area contributed by atoms with E-state index in [0.29, 0.717) is 25.7 Å². The fourth-order valence-electron chi connectivity index (χ4n) is 2.42. The monoisotopic (exact) mass is 403 g/mol. The molecular formula is C15H18INO4. The zero-order valence-electron chi connectivity index (χ0n) is 11.5. The number of carboxylic acids is 1. The molecule has 6 heteroatoms. The van der Waals surface area contributed by atoms with Gasteiger partial charge < -0.3 is 15.2 Å². The van der Waals surface area contributed by atoms with Gasteiger partial charge in [0.15, 0.2) is 0 Å². The van der Waals surface area contributed by atoms with Crippen molar-refractivity contribution >= 4 is 40.2 Å². The number of ether oxygens (including phenoxy) is 1. The molecule has 1 aromatic rings. The van der Waals surface area contributed by atoms with Crippen LogP contribution in [0.1, 0.15) is 25.7 Å². The topological polar surface area (TPSA) is 75.6 Å². The highest BCUT2D eigenvalue weighted by atomic mass is 127. The molecule has 0 heterocycles. The highest BCUT2D eigenvalue weighted by Crippen LogP contribution is 2.26. The van der Waals surface area contributed by atoms with Gasteiger partial charge in [0.1, 0.15) is 6.61 Å². The zero-order chi connectivity index (χ0) is 15.2. The molecule has 1 fully saturated rings. The van der Waals surface area contributed by atoms with E-state index in [2.05, 4.69) is 27.9 Å². The predicted octanol–water partition coefficient (Wildman–Crippen LogP) is 2.89. The maximum Gasteiger partial charge on any atom is 0.306 e. The van der Waals surface area contributed by atoms with E-state index in [4.69, 9.17) is 9.84 Å². The van der Waals surface area contributed by atoms with Gasteiger partial charge >= 0.3 is 5.97 Å². The van der Waals surface area contributed by atoms with Gasteiger partial charge in [-0.15, -0.1) is 0 Å². The molecule has 0 aliphatic heterocycles. The first kappa shape index (κ1) is 16.2. The number of nitrogens with one attached hydrogen (secondary N) is 1. The summed E-state index contributed by atoms with van der Waals surface area (Å²) in [5.74, 6) is -1.17. The number of para-hydroxylation sites is 1. The Kier molecular flexibility index (Phi) is 5.98. The molecule has 1 saturated carbocycles. The van der Waals surface area contributed by atoms with Crippen LogP contribution < -0.4 is 5.32 Å². The summed E-state index contributed by atoms with van der Waals surface area (Å²) in [6.45, 7) is 0.00732. The summed E-state index contributed by atoms with van der Waals surface area (Å²) in [7, 11) is 0. The summed E-state index contributed by atoms with van der Waals surface area (Å²) >= 11 is 2.16. The van der Waals surface area contributed by atoms with Crippen molar-refractivity contribution in [1.82, 2.24) is 0 Å². The third kappa shape index (κ3) is 4.96. The van der Waals surface area contributed by atoms with Crippen molar-refractivity contribution in [2.24, 2.45) is 5.92 Å². The smallest absolute Gasteiger partial charge is 0.306 e. The predicted molar refractivity (Wildman–Crippen MR) is 87.1 cm³/mol. The highest BCUT2D eigenvalue weighted by molar-refractivity contribution is 14.1. The van der Waals surface area contributed by atoms with Crippen molar-refractivity contribution in [3.63, 3.8) is 0 Å². The van der Waals surface area contributed by atoms with E-state index in [1.807, 2.05) is 24.3 Å². The number of anilines is 1. The summed E-state index contributed by atoms with van der Waals surface area (Å²) in [6.07, 6.45) is 2.64. The van der Waals surface area contributed by atoms with Crippen molar-refractivity contribution < 1.29 is 19.4 Å². The molecule has 0 radical (unpaired) electrons. The number of benzene rings is 1. The summed E-state index contributed by atoms with van der Waals surface area (Å²) < 4.78 is 6.55. The molecular weight excluding hydrogens is 385 g/mol. The minimum atomic E-state index is -0.732. The number of amides is 1. The van der Waals surface area contributed by atoms with E-state index in [1.54, 1.807) is 0 Å². The average molecular weight is 403 g/mol. The Morgan fingerprint density at radius 1 is 1.24 bits per heavy atom. The number of hydrogen-bond acceptors (Lipinski definition) is 3. The van der Waals surface area contributed by atoms with Crippen molar-refractivity contribution in [3.8, 4) is 0 Å².